The first-order chi connectivity index (χ1) is 10.7. The van der Waals surface area contributed by atoms with Gasteiger partial charge in [0.2, 0.25) is 0 Å². The maximum absolute atomic E-state index is 5.77. The second-order valence-electron chi connectivity index (χ2n) is 5.20. The second kappa shape index (κ2) is 12.3. The van der Waals surface area contributed by atoms with Crippen LogP contribution in [-0.2, 0) is 14.2 Å². The van der Waals surface area contributed by atoms with Crippen LogP contribution in [0.25, 0.3) is 0 Å². The summed E-state index contributed by atoms with van der Waals surface area (Å²) in [5.41, 5.74) is 6.41. The van der Waals surface area contributed by atoms with E-state index in [0.717, 1.165) is 13.0 Å². The third-order valence-electron chi connectivity index (χ3n) is 3.25. The number of anilines is 1. The van der Waals surface area contributed by atoms with Crippen LogP contribution >= 0.6 is 0 Å². The smallest absolute Gasteiger partial charge is 0.142 e. The molecule has 1 atom stereocenters. The Balaban J connectivity index is 1.85. The van der Waals surface area contributed by atoms with Gasteiger partial charge in [-0.1, -0.05) is 32.4 Å². The number of hydrogen-bond donors (Lipinski definition) is 1. The molecule has 1 aromatic carbocycles. The molecule has 2 N–H and O–H groups in total. The van der Waals surface area contributed by atoms with Gasteiger partial charge in [-0.3, -0.25) is 0 Å². The first-order valence-electron chi connectivity index (χ1n) is 7.94. The van der Waals surface area contributed by atoms with Gasteiger partial charge in [-0.15, -0.1) is 0 Å². The molecule has 0 saturated heterocycles. The van der Waals surface area contributed by atoms with E-state index >= 15 is 0 Å². The lowest BCUT2D eigenvalue weighted by molar-refractivity contribution is 0.00402. The fourth-order valence-electron chi connectivity index (χ4n) is 1.66. The lowest BCUT2D eigenvalue weighted by Crippen LogP contribution is -2.14. The van der Waals surface area contributed by atoms with Crippen LogP contribution in [0.3, 0.4) is 0 Å². The fourth-order valence-corrected chi connectivity index (χ4v) is 1.66. The van der Waals surface area contributed by atoms with Crippen LogP contribution in [0.15, 0.2) is 24.3 Å². The molecule has 5 nitrogen and oxygen atoms in total. The molecule has 0 spiro atoms. The highest BCUT2D eigenvalue weighted by Gasteiger charge is 1.99. The maximum atomic E-state index is 5.77. The summed E-state index contributed by atoms with van der Waals surface area (Å²) >= 11 is 0. The minimum atomic E-state index is 0.478. The molecule has 5 heteroatoms. The molecule has 0 aromatic heterocycles. The van der Waals surface area contributed by atoms with Gasteiger partial charge in [-0.25, -0.2) is 0 Å². The van der Waals surface area contributed by atoms with Gasteiger partial charge in [-0.05, 0) is 18.1 Å². The maximum Gasteiger partial charge on any atom is 0.142 e. The minimum Gasteiger partial charge on any atom is -0.489 e. The van der Waals surface area contributed by atoms with Crippen molar-refractivity contribution < 1.29 is 18.9 Å². The van der Waals surface area contributed by atoms with Crippen LogP contribution in [0, 0.1) is 5.92 Å². The van der Waals surface area contributed by atoms with Crippen molar-refractivity contribution in [3.8, 4) is 5.75 Å². The van der Waals surface area contributed by atoms with Crippen LogP contribution in [0.4, 0.5) is 5.69 Å². The molecule has 0 fully saturated rings. The van der Waals surface area contributed by atoms with E-state index in [0.29, 0.717) is 57.0 Å². The van der Waals surface area contributed by atoms with Gasteiger partial charge in [0.1, 0.15) is 12.4 Å². The van der Waals surface area contributed by atoms with E-state index in [-0.39, 0.29) is 0 Å². The van der Waals surface area contributed by atoms with E-state index < -0.39 is 0 Å². The van der Waals surface area contributed by atoms with E-state index in [1.165, 1.54) is 0 Å². The first-order valence-corrected chi connectivity index (χ1v) is 7.94. The molecule has 0 aliphatic heterocycles. The highest BCUT2D eigenvalue weighted by Crippen LogP contribution is 2.19. The van der Waals surface area contributed by atoms with E-state index in [1.807, 2.05) is 24.3 Å². The number of nitrogens with two attached hydrogens (primary N) is 1. The molecular formula is C17H29NO4. The zero-order chi connectivity index (χ0) is 16.0. The van der Waals surface area contributed by atoms with Crippen molar-refractivity contribution >= 4 is 5.69 Å². The molecular weight excluding hydrogens is 282 g/mol. The van der Waals surface area contributed by atoms with Gasteiger partial charge in [0.15, 0.2) is 0 Å². The van der Waals surface area contributed by atoms with Crippen molar-refractivity contribution in [2.45, 2.75) is 20.3 Å². The summed E-state index contributed by atoms with van der Waals surface area (Å²) in [4.78, 5) is 0. The molecule has 22 heavy (non-hydrogen) atoms. The Morgan fingerprint density at radius 1 is 0.909 bits per heavy atom. The molecule has 0 aliphatic carbocycles. The highest BCUT2D eigenvalue weighted by molar-refractivity contribution is 5.51. The molecule has 1 unspecified atom stereocenters. The van der Waals surface area contributed by atoms with Crippen LogP contribution < -0.4 is 10.5 Å². The van der Waals surface area contributed by atoms with Crippen LogP contribution in [-0.4, -0.2) is 46.2 Å². The summed E-state index contributed by atoms with van der Waals surface area (Å²) in [6, 6.07) is 7.43. The Morgan fingerprint density at radius 2 is 1.50 bits per heavy atom. The van der Waals surface area contributed by atoms with Gasteiger partial charge in [0.05, 0.1) is 38.7 Å². The molecule has 0 amide bonds. The largest absolute Gasteiger partial charge is 0.489 e. The lowest BCUT2D eigenvalue weighted by Gasteiger charge is -2.10. The molecule has 0 heterocycles. The molecule has 0 saturated carbocycles. The normalized spacial score (nSPS) is 12.3. The first kappa shape index (κ1) is 18.7. The van der Waals surface area contributed by atoms with Crippen molar-refractivity contribution in [2.75, 3.05) is 52.0 Å². The Labute approximate surface area is 133 Å². The summed E-state index contributed by atoms with van der Waals surface area (Å²) < 4.78 is 21.9. The standard InChI is InChI=1S/C17H29NO4/c1-3-15(2)14-21-11-10-19-8-9-20-12-13-22-17-7-5-4-6-16(17)18/h4-7,15H,3,8-14,18H2,1-2H3. The molecule has 1 rings (SSSR count). The lowest BCUT2D eigenvalue weighted by atomic mass is 10.1. The van der Waals surface area contributed by atoms with Gasteiger partial charge in [0.25, 0.3) is 0 Å². The summed E-state index contributed by atoms with van der Waals surface area (Å²) in [6.45, 7) is 8.51. The second-order valence-corrected chi connectivity index (χ2v) is 5.20. The topological polar surface area (TPSA) is 62.9 Å². The van der Waals surface area contributed by atoms with E-state index in [2.05, 4.69) is 13.8 Å². The van der Waals surface area contributed by atoms with Gasteiger partial charge in [0, 0.05) is 6.61 Å². The summed E-state index contributed by atoms with van der Waals surface area (Å²) in [6.07, 6.45) is 1.14. The van der Waals surface area contributed by atoms with Crippen molar-refractivity contribution in [2.24, 2.45) is 5.92 Å². The zero-order valence-corrected chi connectivity index (χ0v) is 13.8. The minimum absolute atomic E-state index is 0.478. The molecule has 1 aromatic rings. The number of rotatable bonds is 13. The van der Waals surface area contributed by atoms with Gasteiger partial charge < -0.3 is 24.7 Å². The van der Waals surface area contributed by atoms with Crippen molar-refractivity contribution in [1.29, 1.82) is 0 Å². The molecule has 126 valence electrons. The number of para-hydroxylation sites is 2. The predicted molar refractivity (Wildman–Crippen MR) is 88.3 cm³/mol. The third kappa shape index (κ3) is 8.87. The Bertz CT molecular complexity index is 387. The summed E-state index contributed by atoms with van der Waals surface area (Å²) in [7, 11) is 0. The van der Waals surface area contributed by atoms with Gasteiger partial charge >= 0.3 is 0 Å². The van der Waals surface area contributed by atoms with E-state index in [9.17, 15) is 0 Å². The number of hydrogen-bond acceptors (Lipinski definition) is 5. The van der Waals surface area contributed by atoms with Crippen LogP contribution in [0.5, 0.6) is 5.75 Å². The number of nitrogen functional groups attached to an aromatic ring is 1. The molecule has 0 aliphatic rings. The van der Waals surface area contributed by atoms with Crippen molar-refractivity contribution in [3.63, 3.8) is 0 Å². The SMILES string of the molecule is CCC(C)COCCOCCOCCOc1ccccc1N. The van der Waals surface area contributed by atoms with E-state index in [4.69, 9.17) is 24.7 Å². The summed E-state index contributed by atoms with van der Waals surface area (Å²) in [5.74, 6) is 1.31. The van der Waals surface area contributed by atoms with Crippen molar-refractivity contribution in [3.05, 3.63) is 24.3 Å². The average molecular weight is 311 g/mol. The Morgan fingerprint density at radius 3 is 2.14 bits per heavy atom. The number of benzene rings is 1. The van der Waals surface area contributed by atoms with Crippen LogP contribution in [0.2, 0.25) is 0 Å². The monoisotopic (exact) mass is 311 g/mol. The zero-order valence-electron chi connectivity index (χ0n) is 13.8. The Hall–Kier alpha value is -1.30. The average Bonchev–Trinajstić information content (AvgIpc) is 2.53. The quantitative estimate of drug-likeness (QED) is 0.448. The third-order valence-corrected chi connectivity index (χ3v) is 3.25. The highest BCUT2D eigenvalue weighted by atomic mass is 16.6. The molecule has 0 bridgehead atoms. The van der Waals surface area contributed by atoms with Crippen LogP contribution in [0.1, 0.15) is 20.3 Å². The Kier molecular flexibility index (Phi) is 10.5. The molecule has 0 radical (unpaired) electrons. The predicted octanol–water partition coefficient (Wildman–Crippen LogP) is 2.74. The number of ether oxygens (including phenoxy) is 4. The van der Waals surface area contributed by atoms with Gasteiger partial charge in [-0.2, -0.15) is 0 Å². The van der Waals surface area contributed by atoms with Crippen molar-refractivity contribution in [1.82, 2.24) is 0 Å². The summed E-state index contributed by atoms with van der Waals surface area (Å²) in [5, 5.41) is 0. The fraction of sp³-hybridized carbons (Fsp3) is 0.647. The van der Waals surface area contributed by atoms with E-state index in [1.54, 1.807) is 0 Å².